The van der Waals surface area contributed by atoms with Gasteiger partial charge in [-0.3, -0.25) is 4.79 Å². The van der Waals surface area contributed by atoms with E-state index >= 15 is 0 Å². The SMILES string of the molecule is CS(=O)(=O)N(CCC(=O)Nc1cccc(Cl)c1Cl)Cc1ccco1. The monoisotopic (exact) mass is 390 g/mol. The Morgan fingerprint density at radius 2 is 2.00 bits per heavy atom. The first-order chi connectivity index (χ1) is 11.3. The summed E-state index contributed by atoms with van der Waals surface area (Å²) in [5.74, 6) is 0.131. The zero-order chi connectivity index (χ0) is 17.7. The van der Waals surface area contributed by atoms with E-state index in [0.29, 0.717) is 16.5 Å². The number of carbonyl (C=O) groups is 1. The van der Waals surface area contributed by atoms with Gasteiger partial charge in [0.2, 0.25) is 15.9 Å². The second kappa shape index (κ2) is 8.02. The summed E-state index contributed by atoms with van der Waals surface area (Å²) in [5, 5.41) is 3.18. The predicted octanol–water partition coefficient (Wildman–Crippen LogP) is 3.38. The average molecular weight is 391 g/mol. The van der Waals surface area contributed by atoms with E-state index in [0.717, 1.165) is 6.26 Å². The third-order valence-electron chi connectivity index (χ3n) is 3.20. The number of rotatable bonds is 7. The standard InChI is InChI=1S/C15H16Cl2N2O4S/c1-24(21,22)19(10-11-4-3-9-23-11)8-7-14(20)18-13-6-2-5-12(16)15(13)17/h2-6,9H,7-8,10H2,1H3,(H,18,20). The Hall–Kier alpha value is -1.54. The van der Waals surface area contributed by atoms with Crippen LogP contribution in [0.2, 0.25) is 10.0 Å². The maximum absolute atomic E-state index is 12.1. The summed E-state index contributed by atoms with van der Waals surface area (Å²) in [7, 11) is -3.48. The first kappa shape index (κ1) is 18.8. The summed E-state index contributed by atoms with van der Waals surface area (Å²) in [4.78, 5) is 12.1. The molecule has 6 nitrogen and oxygen atoms in total. The molecule has 0 aliphatic carbocycles. The molecule has 2 aromatic rings. The minimum Gasteiger partial charge on any atom is -0.468 e. The molecule has 1 amide bonds. The summed E-state index contributed by atoms with van der Waals surface area (Å²) in [5.41, 5.74) is 0.381. The maximum Gasteiger partial charge on any atom is 0.225 e. The van der Waals surface area contributed by atoms with Crippen molar-refractivity contribution >= 4 is 44.8 Å². The van der Waals surface area contributed by atoms with Crippen LogP contribution in [0, 0.1) is 0 Å². The largest absolute Gasteiger partial charge is 0.468 e. The summed E-state index contributed by atoms with van der Waals surface area (Å²) >= 11 is 11.9. The molecule has 0 atom stereocenters. The van der Waals surface area contributed by atoms with Gasteiger partial charge in [-0.15, -0.1) is 0 Å². The van der Waals surface area contributed by atoms with Gasteiger partial charge in [-0.05, 0) is 24.3 Å². The fraction of sp³-hybridized carbons (Fsp3) is 0.267. The van der Waals surface area contributed by atoms with E-state index in [2.05, 4.69) is 5.32 Å². The molecule has 0 spiro atoms. The van der Waals surface area contributed by atoms with Crippen LogP contribution < -0.4 is 5.32 Å². The quantitative estimate of drug-likeness (QED) is 0.785. The molecule has 130 valence electrons. The highest BCUT2D eigenvalue weighted by molar-refractivity contribution is 7.88. The fourth-order valence-corrected chi connectivity index (χ4v) is 3.11. The highest BCUT2D eigenvalue weighted by Gasteiger charge is 2.19. The van der Waals surface area contributed by atoms with Gasteiger partial charge in [0.25, 0.3) is 0 Å². The van der Waals surface area contributed by atoms with Crippen molar-refractivity contribution in [2.24, 2.45) is 0 Å². The van der Waals surface area contributed by atoms with Gasteiger partial charge in [-0.1, -0.05) is 29.3 Å². The first-order valence-electron chi connectivity index (χ1n) is 6.98. The van der Waals surface area contributed by atoms with Crippen LogP contribution in [-0.4, -0.2) is 31.4 Å². The van der Waals surface area contributed by atoms with E-state index in [1.54, 1.807) is 30.3 Å². The molecule has 0 fully saturated rings. The van der Waals surface area contributed by atoms with E-state index in [1.807, 2.05) is 0 Å². The van der Waals surface area contributed by atoms with Crippen molar-refractivity contribution in [3.05, 3.63) is 52.4 Å². The van der Waals surface area contributed by atoms with Crippen molar-refractivity contribution in [2.75, 3.05) is 18.1 Å². The topological polar surface area (TPSA) is 79.6 Å². The van der Waals surface area contributed by atoms with Crippen molar-refractivity contribution in [2.45, 2.75) is 13.0 Å². The molecule has 0 aliphatic rings. The van der Waals surface area contributed by atoms with Crippen molar-refractivity contribution in [3.63, 3.8) is 0 Å². The lowest BCUT2D eigenvalue weighted by atomic mass is 10.3. The second-order valence-electron chi connectivity index (χ2n) is 5.08. The van der Waals surface area contributed by atoms with Gasteiger partial charge in [0.15, 0.2) is 0 Å². The number of nitrogens with zero attached hydrogens (tertiary/aromatic N) is 1. The molecule has 0 bridgehead atoms. The van der Waals surface area contributed by atoms with Gasteiger partial charge in [-0.2, -0.15) is 4.31 Å². The number of furan rings is 1. The smallest absolute Gasteiger partial charge is 0.225 e. The summed E-state index contributed by atoms with van der Waals surface area (Å²) in [6.45, 7) is 0.0839. The van der Waals surface area contributed by atoms with Crippen molar-refractivity contribution in [1.29, 1.82) is 0 Å². The van der Waals surface area contributed by atoms with Crippen molar-refractivity contribution < 1.29 is 17.6 Å². The van der Waals surface area contributed by atoms with Crippen LogP contribution in [0.3, 0.4) is 0 Å². The Bertz CT molecular complexity index is 807. The summed E-state index contributed by atoms with van der Waals surface area (Å²) in [6, 6.07) is 8.22. The Balaban J connectivity index is 1.98. The van der Waals surface area contributed by atoms with E-state index in [4.69, 9.17) is 27.6 Å². The molecule has 1 N–H and O–H groups in total. The molecule has 1 aromatic carbocycles. The number of nitrogens with one attached hydrogen (secondary N) is 1. The molecule has 9 heteroatoms. The highest BCUT2D eigenvalue weighted by atomic mass is 35.5. The minimum atomic E-state index is -3.48. The van der Waals surface area contributed by atoms with Crippen molar-refractivity contribution in [1.82, 2.24) is 4.31 Å². The van der Waals surface area contributed by atoms with Gasteiger partial charge >= 0.3 is 0 Å². The normalized spacial score (nSPS) is 11.7. The number of carbonyl (C=O) groups excluding carboxylic acids is 1. The number of sulfonamides is 1. The molecule has 0 saturated carbocycles. The minimum absolute atomic E-state index is 0.0174. The van der Waals surface area contributed by atoms with Gasteiger partial charge in [0.05, 0.1) is 34.8 Å². The van der Waals surface area contributed by atoms with Crippen LogP contribution >= 0.6 is 23.2 Å². The van der Waals surface area contributed by atoms with Gasteiger partial charge in [0.1, 0.15) is 5.76 Å². The number of hydrogen-bond donors (Lipinski definition) is 1. The molecule has 1 heterocycles. The van der Waals surface area contributed by atoms with Crippen molar-refractivity contribution in [3.8, 4) is 0 Å². The zero-order valence-electron chi connectivity index (χ0n) is 12.8. The molecule has 0 saturated heterocycles. The third-order valence-corrected chi connectivity index (χ3v) is 5.26. The van der Waals surface area contributed by atoms with Crippen LogP contribution in [0.15, 0.2) is 41.0 Å². The summed E-state index contributed by atoms with van der Waals surface area (Å²) < 4.78 is 30.0. The van der Waals surface area contributed by atoms with E-state index in [1.165, 1.54) is 10.6 Å². The van der Waals surface area contributed by atoms with Crippen LogP contribution in [0.5, 0.6) is 0 Å². The number of hydrogen-bond acceptors (Lipinski definition) is 4. The van der Waals surface area contributed by atoms with E-state index in [-0.39, 0.29) is 30.4 Å². The Kier molecular flexibility index (Phi) is 6.28. The van der Waals surface area contributed by atoms with Crippen LogP contribution in [0.4, 0.5) is 5.69 Å². The Morgan fingerprint density at radius 3 is 2.62 bits per heavy atom. The molecule has 1 aromatic heterocycles. The fourth-order valence-electron chi connectivity index (χ4n) is 1.98. The third kappa shape index (κ3) is 5.24. The molecular formula is C15H16Cl2N2O4S. The van der Waals surface area contributed by atoms with E-state index < -0.39 is 10.0 Å². The van der Waals surface area contributed by atoms with Gasteiger partial charge < -0.3 is 9.73 Å². The van der Waals surface area contributed by atoms with Crippen LogP contribution in [-0.2, 0) is 21.4 Å². The van der Waals surface area contributed by atoms with Crippen LogP contribution in [0.1, 0.15) is 12.2 Å². The van der Waals surface area contributed by atoms with Gasteiger partial charge in [-0.25, -0.2) is 8.42 Å². The number of halogens is 2. The number of anilines is 1. The number of benzene rings is 1. The summed E-state index contributed by atoms with van der Waals surface area (Å²) in [6.07, 6.45) is 2.52. The maximum atomic E-state index is 12.1. The second-order valence-corrected chi connectivity index (χ2v) is 7.84. The Morgan fingerprint density at radius 1 is 1.25 bits per heavy atom. The zero-order valence-corrected chi connectivity index (χ0v) is 15.2. The molecular weight excluding hydrogens is 375 g/mol. The van der Waals surface area contributed by atoms with E-state index in [9.17, 15) is 13.2 Å². The highest BCUT2D eigenvalue weighted by Crippen LogP contribution is 2.29. The lowest BCUT2D eigenvalue weighted by Crippen LogP contribution is -2.32. The molecule has 0 aliphatic heterocycles. The Labute approximate surface area is 150 Å². The molecule has 0 unspecified atom stereocenters. The molecule has 2 rings (SSSR count). The molecule has 0 radical (unpaired) electrons. The average Bonchev–Trinajstić information content (AvgIpc) is 3.00. The molecule has 24 heavy (non-hydrogen) atoms. The number of amides is 1. The lowest BCUT2D eigenvalue weighted by Gasteiger charge is -2.18. The predicted molar refractivity (Wildman–Crippen MR) is 93.7 cm³/mol. The first-order valence-corrected chi connectivity index (χ1v) is 9.59. The van der Waals surface area contributed by atoms with Crippen LogP contribution in [0.25, 0.3) is 0 Å². The van der Waals surface area contributed by atoms with Gasteiger partial charge in [0, 0.05) is 13.0 Å². The lowest BCUT2D eigenvalue weighted by molar-refractivity contribution is -0.116.